The summed E-state index contributed by atoms with van der Waals surface area (Å²) in [6.07, 6.45) is 10.6. The molecule has 0 aromatic rings. The van der Waals surface area contributed by atoms with E-state index in [4.69, 9.17) is 0 Å². The number of rotatable bonds is 0. The third-order valence-corrected chi connectivity index (χ3v) is 5.49. The topological polar surface area (TPSA) is 23.5 Å². The third-order valence-electron chi connectivity index (χ3n) is 5.49. The van der Waals surface area contributed by atoms with E-state index in [-0.39, 0.29) is 6.10 Å². The number of nitrogens with zero attached hydrogens (tertiary/aromatic N) is 1. The quantitative estimate of drug-likeness (QED) is 0.681. The maximum Gasteiger partial charge on any atom is 0.0626 e. The fourth-order valence-electron chi connectivity index (χ4n) is 4.65. The second-order valence-corrected chi connectivity index (χ2v) is 6.19. The van der Waals surface area contributed by atoms with Crippen LogP contribution in [0.2, 0.25) is 0 Å². The molecule has 3 fully saturated rings. The molecular formula is C14H25NO. The standard InChI is InChI=1S/C14H25NO/c1-15-12-8-4-2-6-10(12)14(16)11-7-3-5-9-13(11)15/h10-14,16H,2-9H2,1H3/t10-,11-,12-,13+,14?/m0/s1. The highest BCUT2D eigenvalue weighted by Gasteiger charge is 2.47. The van der Waals surface area contributed by atoms with Gasteiger partial charge in [0.25, 0.3) is 0 Å². The summed E-state index contributed by atoms with van der Waals surface area (Å²) in [6, 6.07) is 1.37. The van der Waals surface area contributed by atoms with Crippen LogP contribution in [0.25, 0.3) is 0 Å². The van der Waals surface area contributed by atoms with Gasteiger partial charge in [0.05, 0.1) is 6.10 Å². The molecule has 0 aromatic heterocycles. The number of hydrogen-bond acceptors (Lipinski definition) is 2. The van der Waals surface area contributed by atoms with Gasteiger partial charge in [-0.15, -0.1) is 0 Å². The van der Waals surface area contributed by atoms with Gasteiger partial charge in [-0.05, 0) is 32.7 Å². The van der Waals surface area contributed by atoms with Gasteiger partial charge >= 0.3 is 0 Å². The predicted molar refractivity (Wildman–Crippen MR) is 65.3 cm³/mol. The summed E-state index contributed by atoms with van der Waals surface area (Å²) in [4.78, 5) is 2.64. The Bertz CT molecular complexity index is 205. The molecule has 1 N–H and O–H groups in total. The summed E-state index contributed by atoms with van der Waals surface area (Å²) in [5.41, 5.74) is 0. The molecule has 1 aliphatic heterocycles. The lowest BCUT2D eigenvalue weighted by Crippen LogP contribution is -2.61. The van der Waals surface area contributed by atoms with Crippen molar-refractivity contribution in [3.05, 3.63) is 0 Å². The predicted octanol–water partition coefficient (Wildman–Crippen LogP) is 2.41. The summed E-state index contributed by atoms with van der Waals surface area (Å²) >= 11 is 0. The van der Waals surface area contributed by atoms with Crippen LogP contribution in [0.1, 0.15) is 51.4 Å². The molecule has 3 rings (SSSR count). The van der Waals surface area contributed by atoms with Crippen LogP contribution in [-0.4, -0.2) is 35.2 Å². The molecule has 2 nitrogen and oxygen atoms in total. The molecule has 1 unspecified atom stereocenters. The highest BCUT2D eigenvalue weighted by molar-refractivity contribution is 5.00. The van der Waals surface area contributed by atoms with Gasteiger partial charge in [-0.25, -0.2) is 0 Å². The Balaban J connectivity index is 1.83. The Morgan fingerprint density at radius 3 is 1.75 bits per heavy atom. The second kappa shape index (κ2) is 4.30. The van der Waals surface area contributed by atoms with Crippen LogP contribution in [-0.2, 0) is 0 Å². The van der Waals surface area contributed by atoms with Gasteiger partial charge in [0.2, 0.25) is 0 Å². The van der Waals surface area contributed by atoms with Crippen molar-refractivity contribution >= 4 is 0 Å². The van der Waals surface area contributed by atoms with Crippen molar-refractivity contribution < 1.29 is 5.11 Å². The number of piperidine rings is 1. The Labute approximate surface area is 99.0 Å². The van der Waals surface area contributed by atoms with E-state index in [2.05, 4.69) is 11.9 Å². The third kappa shape index (κ3) is 1.62. The summed E-state index contributed by atoms with van der Waals surface area (Å²) in [5, 5.41) is 10.6. The van der Waals surface area contributed by atoms with Gasteiger partial charge in [0, 0.05) is 23.9 Å². The molecule has 0 aromatic carbocycles. The average molecular weight is 223 g/mol. The SMILES string of the molecule is CN1[C@@H]2CCCC[C@@H]2C(O)[C@H]2CCCC[C@@H]21. The zero-order valence-electron chi connectivity index (χ0n) is 10.4. The van der Waals surface area contributed by atoms with Gasteiger partial charge in [0.1, 0.15) is 0 Å². The first-order valence-electron chi connectivity index (χ1n) is 7.19. The fourth-order valence-corrected chi connectivity index (χ4v) is 4.65. The molecule has 5 atom stereocenters. The maximum atomic E-state index is 10.6. The van der Waals surface area contributed by atoms with E-state index < -0.39 is 0 Å². The number of likely N-dealkylation sites (tertiary alicyclic amines) is 1. The van der Waals surface area contributed by atoms with Crippen molar-refractivity contribution in [3.8, 4) is 0 Å². The van der Waals surface area contributed by atoms with Gasteiger partial charge in [-0.1, -0.05) is 25.7 Å². The zero-order chi connectivity index (χ0) is 11.1. The highest BCUT2D eigenvalue weighted by atomic mass is 16.3. The fraction of sp³-hybridized carbons (Fsp3) is 1.00. The number of fused-ring (bicyclic) bond motifs is 2. The monoisotopic (exact) mass is 223 g/mol. The van der Waals surface area contributed by atoms with Crippen LogP contribution in [0.15, 0.2) is 0 Å². The van der Waals surface area contributed by atoms with E-state index in [1.165, 1.54) is 51.4 Å². The Kier molecular flexibility index (Phi) is 2.97. The first-order valence-corrected chi connectivity index (χ1v) is 7.19. The van der Waals surface area contributed by atoms with Crippen molar-refractivity contribution in [2.45, 2.75) is 69.6 Å². The van der Waals surface area contributed by atoms with Crippen molar-refractivity contribution in [1.82, 2.24) is 4.90 Å². The molecule has 2 aliphatic carbocycles. The van der Waals surface area contributed by atoms with E-state index in [1.54, 1.807) is 0 Å². The van der Waals surface area contributed by atoms with Gasteiger partial charge < -0.3 is 5.11 Å². The molecule has 0 spiro atoms. The summed E-state index contributed by atoms with van der Waals surface area (Å²) in [5.74, 6) is 1.16. The minimum atomic E-state index is 0.00630. The molecule has 92 valence electrons. The largest absolute Gasteiger partial charge is 0.392 e. The van der Waals surface area contributed by atoms with E-state index in [0.29, 0.717) is 23.9 Å². The molecular weight excluding hydrogens is 198 g/mol. The molecule has 0 bridgehead atoms. The van der Waals surface area contributed by atoms with Gasteiger partial charge in [-0.2, -0.15) is 0 Å². The first kappa shape index (κ1) is 11.0. The smallest absolute Gasteiger partial charge is 0.0626 e. The van der Waals surface area contributed by atoms with Crippen LogP contribution >= 0.6 is 0 Å². The van der Waals surface area contributed by atoms with Crippen LogP contribution in [0.3, 0.4) is 0 Å². The van der Waals surface area contributed by atoms with Crippen LogP contribution in [0, 0.1) is 11.8 Å². The molecule has 1 saturated heterocycles. The molecule has 2 heteroatoms. The Morgan fingerprint density at radius 2 is 1.25 bits per heavy atom. The van der Waals surface area contributed by atoms with E-state index >= 15 is 0 Å². The van der Waals surface area contributed by atoms with Gasteiger partial charge in [-0.3, -0.25) is 4.90 Å². The minimum Gasteiger partial charge on any atom is -0.392 e. The number of aliphatic hydroxyl groups is 1. The maximum absolute atomic E-state index is 10.6. The lowest BCUT2D eigenvalue weighted by molar-refractivity contribution is -0.110. The van der Waals surface area contributed by atoms with Crippen molar-refractivity contribution in [2.75, 3.05) is 7.05 Å². The minimum absolute atomic E-state index is 0.00630. The normalized spacial score (nSPS) is 49.5. The number of aliphatic hydroxyl groups excluding tert-OH is 1. The first-order chi connectivity index (χ1) is 7.79. The second-order valence-electron chi connectivity index (χ2n) is 6.19. The molecule has 2 saturated carbocycles. The highest BCUT2D eigenvalue weighted by Crippen LogP contribution is 2.44. The van der Waals surface area contributed by atoms with Gasteiger partial charge in [0.15, 0.2) is 0 Å². The molecule has 0 amide bonds. The van der Waals surface area contributed by atoms with E-state index in [1.807, 2.05) is 0 Å². The summed E-state index contributed by atoms with van der Waals surface area (Å²) in [7, 11) is 2.32. The van der Waals surface area contributed by atoms with Crippen molar-refractivity contribution in [3.63, 3.8) is 0 Å². The van der Waals surface area contributed by atoms with E-state index in [0.717, 1.165) is 0 Å². The number of hydrogen-bond donors (Lipinski definition) is 1. The molecule has 1 heterocycles. The summed E-state index contributed by atoms with van der Waals surface area (Å²) < 4.78 is 0. The van der Waals surface area contributed by atoms with Crippen molar-refractivity contribution in [2.24, 2.45) is 11.8 Å². The Hall–Kier alpha value is -0.0800. The lowest BCUT2D eigenvalue weighted by Gasteiger charge is -2.54. The summed E-state index contributed by atoms with van der Waals surface area (Å²) in [6.45, 7) is 0. The van der Waals surface area contributed by atoms with Crippen LogP contribution in [0.4, 0.5) is 0 Å². The Morgan fingerprint density at radius 1 is 0.812 bits per heavy atom. The van der Waals surface area contributed by atoms with E-state index in [9.17, 15) is 5.11 Å². The molecule has 16 heavy (non-hydrogen) atoms. The van der Waals surface area contributed by atoms with Crippen molar-refractivity contribution in [1.29, 1.82) is 0 Å². The zero-order valence-corrected chi connectivity index (χ0v) is 10.4. The lowest BCUT2D eigenvalue weighted by atomic mass is 9.66. The molecule has 0 radical (unpaired) electrons. The average Bonchev–Trinajstić information content (AvgIpc) is 2.36. The van der Waals surface area contributed by atoms with Crippen LogP contribution in [0.5, 0.6) is 0 Å². The van der Waals surface area contributed by atoms with Crippen LogP contribution < -0.4 is 0 Å². The molecule has 3 aliphatic rings.